The molecule has 21 heavy (non-hydrogen) atoms. The highest BCUT2D eigenvalue weighted by Crippen LogP contribution is 2.13. The van der Waals surface area contributed by atoms with Crippen molar-refractivity contribution in [3.05, 3.63) is 18.1 Å². The number of carbonyl (C=O) groups excluding carboxylic acids is 1. The van der Waals surface area contributed by atoms with Crippen LogP contribution in [0.4, 0.5) is 5.82 Å². The van der Waals surface area contributed by atoms with Gasteiger partial charge in [0.25, 0.3) is 5.91 Å². The lowest BCUT2D eigenvalue weighted by atomic mass is 10.1. The van der Waals surface area contributed by atoms with Gasteiger partial charge < -0.3 is 10.2 Å². The van der Waals surface area contributed by atoms with Crippen molar-refractivity contribution in [3.63, 3.8) is 0 Å². The molecule has 0 bridgehead atoms. The summed E-state index contributed by atoms with van der Waals surface area (Å²) in [5.41, 5.74) is 0.427. The second-order valence-corrected chi connectivity index (χ2v) is 5.51. The molecule has 0 spiro atoms. The van der Waals surface area contributed by atoms with Crippen LogP contribution in [0.15, 0.2) is 12.4 Å². The summed E-state index contributed by atoms with van der Waals surface area (Å²) in [4.78, 5) is 25.2. The lowest BCUT2D eigenvalue weighted by molar-refractivity contribution is 0.0536. The minimum absolute atomic E-state index is 0.0175. The zero-order valence-electron chi connectivity index (χ0n) is 13.2. The Bertz CT molecular complexity index is 462. The van der Waals surface area contributed by atoms with E-state index in [-0.39, 0.29) is 5.91 Å². The lowest BCUT2D eigenvalue weighted by Gasteiger charge is -2.38. The number of carbonyl (C=O) groups is 1. The van der Waals surface area contributed by atoms with Crippen molar-refractivity contribution in [2.75, 3.05) is 38.5 Å². The van der Waals surface area contributed by atoms with Gasteiger partial charge >= 0.3 is 0 Å². The average molecular weight is 291 g/mol. The van der Waals surface area contributed by atoms with Gasteiger partial charge in [0.1, 0.15) is 11.5 Å². The van der Waals surface area contributed by atoms with Gasteiger partial charge in [0, 0.05) is 32.2 Å². The maximum Gasteiger partial charge on any atom is 0.274 e. The Hall–Kier alpha value is -1.69. The van der Waals surface area contributed by atoms with Crippen LogP contribution in [-0.4, -0.2) is 64.9 Å². The van der Waals surface area contributed by atoms with Gasteiger partial charge in [-0.15, -0.1) is 0 Å². The van der Waals surface area contributed by atoms with E-state index in [9.17, 15) is 4.79 Å². The number of likely N-dealkylation sites (N-methyl/N-ethyl adjacent to an activating group) is 1. The van der Waals surface area contributed by atoms with Gasteiger partial charge in [0.05, 0.1) is 12.4 Å². The third kappa shape index (κ3) is 3.91. The fourth-order valence-corrected chi connectivity index (χ4v) is 2.52. The number of piperazine rings is 1. The smallest absolute Gasteiger partial charge is 0.274 e. The summed E-state index contributed by atoms with van der Waals surface area (Å²) in [7, 11) is 2.12. The number of hydrogen-bond acceptors (Lipinski definition) is 5. The Morgan fingerprint density at radius 3 is 2.76 bits per heavy atom. The van der Waals surface area contributed by atoms with E-state index in [0.29, 0.717) is 11.7 Å². The first-order valence-corrected chi connectivity index (χ1v) is 7.71. The molecule has 1 saturated heterocycles. The Morgan fingerprint density at radius 1 is 1.33 bits per heavy atom. The molecular formula is C15H25N5O. The van der Waals surface area contributed by atoms with Crippen molar-refractivity contribution in [2.45, 2.75) is 32.7 Å². The summed E-state index contributed by atoms with van der Waals surface area (Å²) in [5, 5.41) is 3.16. The molecule has 1 atom stereocenters. The van der Waals surface area contributed by atoms with Crippen molar-refractivity contribution in [1.29, 1.82) is 0 Å². The number of amides is 1. The largest absolute Gasteiger partial charge is 0.369 e. The maximum atomic E-state index is 12.5. The SMILES string of the molecule is CCCNc1cnc(C(=O)N2CCN(C)C(CC)C2)cn1. The first-order chi connectivity index (χ1) is 10.2. The summed E-state index contributed by atoms with van der Waals surface area (Å²) >= 11 is 0. The quantitative estimate of drug-likeness (QED) is 0.890. The zero-order valence-corrected chi connectivity index (χ0v) is 13.2. The second-order valence-electron chi connectivity index (χ2n) is 5.51. The summed E-state index contributed by atoms with van der Waals surface area (Å²) in [6.45, 7) is 7.54. The molecule has 1 fully saturated rings. The standard InChI is InChI=1S/C15H25N5O/c1-4-6-16-14-10-17-13(9-18-14)15(21)20-8-7-19(3)12(5-2)11-20/h9-10,12H,4-8,11H2,1-3H3,(H,16,18). The highest BCUT2D eigenvalue weighted by molar-refractivity contribution is 5.92. The number of nitrogens with one attached hydrogen (secondary N) is 1. The van der Waals surface area contributed by atoms with E-state index in [0.717, 1.165) is 44.8 Å². The summed E-state index contributed by atoms with van der Waals surface area (Å²) in [6.07, 6.45) is 5.28. The number of aromatic nitrogens is 2. The van der Waals surface area contributed by atoms with Crippen LogP contribution in [0.25, 0.3) is 0 Å². The van der Waals surface area contributed by atoms with Crippen LogP contribution < -0.4 is 5.32 Å². The molecule has 1 aliphatic heterocycles. The zero-order chi connectivity index (χ0) is 15.2. The van der Waals surface area contributed by atoms with Crippen LogP contribution in [0.2, 0.25) is 0 Å². The van der Waals surface area contributed by atoms with E-state index in [1.54, 1.807) is 12.4 Å². The molecule has 1 aliphatic rings. The molecule has 0 aliphatic carbocycles. The third-order valence-electron chi connectivity index (χ3n) is 3.96. The lowest BCUT2D eigenvalue weighted by Crippen LogP contribution is -2.53. The molecule has 1 unspecified atom stereocenters. The van der Waals surface area contributed by atoms with Gasteiger partial charge in [-0.2, -0.15) is 0 Å². The van der Waals surface area contributed by atoms with Crippen LogP contribution in [0.1, 0.15) is 37.2 Å². The van der Waals surface area contributed by atoms with E-state index in [1.807, 2.05) is 4.90 Å². The number of nitrogens with zero attached hydrogens (tertiary/aromatic N) is 4. The Morgan fingerprint density at radius 2 is 2.14 bits per heavy atom. The predicted molar refractivity (Wildman–Crippen MR) is 83.4 cm³/mol. The molecule has 1 aromatic heterocycles. The van der Waals surface area contributed by atoms with Gasteiger partial charge in [-0.1, -0.05) is 13.8 Å². The molecule has 0 saturated carbocycles. The average Bonchev–Trinajstić information content (AvgIpc) is 2.53. The summed E-state index contributed by atoms with van der Waals surface area (Å²) in [5.74, 6) is 0.703. The fraction of sp³-hybridized carbons (Fsp3) is 0.667. The minimum Gasteiger partial charge on any atom is -0.369 e. The molecule has 116 valence electrons. The first-order valence-electron chi connectivity index (χ1n) is 7.71. The Balaban J connectivity index is 1.99. The van der Waals surface area contributed by atoms with E-state index >= 15 is 0 Å². The monoisotopic (exact) mass is 291 g/mol. The molecule has 1 N–H and O–H groups in total. The molecule has 0 aromatic carbocycles. The van der Waals surface area contributed by atoms with Crippen LogP contribution >= 0.6 is 0 Å². The molecule has 1 aromatic rings. The Labute approximate surface area is 126 Å². The van der Waals surface area contributed by atoms with Gasteiger partial charge in [0.15, 0.2) is 0 Å². The Kier molecular flexibility index (Phi) is 5.50. The fourth-order valence-electron chi connectivity index (χ4n) is 2.52. The van der Waals surface area contributed by atoms with Crippen molar-refractivity contribution < 1.29 is 4.79 Å². The van der Waals surface area contributed by atoms with Gasteiger partial charge in [-0.25, -0.2) is 9.97 Å². The minimum atomic E-state index is -0.0175. The molecule has 2 rings (SSSR count). The van der Waals surface area contributed by atoms with Gasteiger partial charge in [-0.3, -0.25) is 9.69 Å². The number of rotatable bonds is 5. The van der Waals surface area contributed by atoms with Crippen LogP contribution in [0.3, 0.4) is 0 Å². The van der Waals surface area contributed by atoms with E-state index in [4.69, 9.17) is 0 Å². The van der Waals surface area contributed by atoms with Gasteiger partial charge in [-0.05, 0) is 19.9 Å². The molecular weight excluding hydrogens is 266 g/mol. The second kappa shape index (κ2) is 7.36. The van der Waals surface area contributed by atoms with E-state index in [1.165, 1.54) is 0 Å². The van der Waals surface area contributed by atoms with Crippen molar-refractivity contribution in [2.24, 2.45) is 0 Å². The molecule has 6 heteroatoms. The summed E-state index contributed by atoms with van der Waals surface area (Å²) < 4.78 is 0. The van der Waals surface area contributed by atoms with Crippen LogP contribution in [-0.2, 0) is 0 Å². The van der Waals surface area contributed by atoms with Crippen molar-refractivity contribution in [3.8, 4) is 0 Å². The number of anilines is 1. The topological polar surface area (TPSA) is 61.4 Å². The van der Waals surface area contributed by atoms with Crippen LogP contribution in [0, 0.1) is 0 Å². The molecule has 6 nitrogen and oxygen atoms in total. The van der Waals surface area contributed by atoms with Gasteiger partial charge in [0.2, 0.25) is 0 Å². The highest BCUT2D eigenvalue weighted by Gasteiger charge is 2.27. The summed E-state index contributed by atoms with van der Waals surface area (Å²) in [6, 6.07) is 0.432. The first kappa shape index (κ1) is 15.7. The molecule has 0 radical (unpaired) electrons. The third-order valence-corrected chi connectivity index (χ3v) is 3.96. The van der Waals surface area contributed by atoms with E-state index < -0.39 is 0 Å². The highest BCUT2D eigenvalue weighted by atomic mass is 16.2. The van der Waals surface area contributed by atoms with Crippen molar-refractivity contribution >= 4 is 11.7 Å². The molecule has 2 heterocycles. The predicted octanol–water partition coefficient (Wildman–Crippen LogP) is 1.46. The van der Waals surface area contributed by atoms with E-state index in [2.05, 4.69) is 41.1 Å². The van der Waals surface area contributed by atoms with Crippen molar-refractivity contribution in [1.82, 2.24) is 19.8 Å². The maximum absolute atomic E-state index is 12.5. The number of hydrogen-bond donors (Lipinski definition) is 1. The molecule has 1 amide bonds. The van der Waals surface area contributed by atoms with Crippen LogP contribution in [0.5, 0.6) is 0 Å². The normalized spacial score (nSPS) is 19.6.